The third-order valence-corrected chi connectivity index (χ3v) is 6.96. The lowest BCUT2D eigenvalue weighted by Crippen LogP contribution is -2.31. The van der Waals surface area contributed by atoms with E-state index in [1.807, 2.05) is 16.3 Å². The first kappa shape index (κ1) is 15.1. The van der Waals surface area contributed by atoms with Gasteiger partial charge in [0.1, 0.15) is 5.01 Å². The van der Waals surface area contributed by atoms with Crippen molar-refractivity contribution in [2.45, 2.75) is 25.3 Å². The van der Waals surface area contributed by atoms with Gasteiger partial charge in [-0.3, -0.25) is 4.79 Å². The van der Waals surface area contributed by atoms with E-state index in [1.165, 1.54) is 9.75 Å². The van der Waals surface area contributed by atoms with E-state index in [9.17, 15) is 4.79 Å². The Balaban J connectivity index is 1.47. The molecule has 0 aliphatic carbocycles. The first-order valence-electron chi connectivity index (χ1n) is 7.62. The Hall–Kier alpha value is -1.50. The van der Waals surface area contributed by atoms with E-state index in [1.54, 1.807) is 34.0 Å². The lowest BCUT2D eigenvalue weighted by molar-refractivity contribution is -0.131. The molecule has 4 rings (SSSR count). The maximum Gasteiger partial charge on any atom is 0.229 e. The number of likely N-dealkylation sites (tertiary alicyclic amines) is 1. The third-order valence-electron chi connectivity index (χ3n) is 4.06. The standard InChI is InChI=1S/C17H16N2OS3/c20-16(19-7-1-4-13(19)14-5-2-8-21-14)10-12-11-23-17(18-12)15-6-3-9-22-15/h2-3,5-6,8-9,11,13H,1,4,7,10H2/t13-/m1/s1. The highest BCUT2D eigenvalue weighted by molar-refractivity contribution is 7.20. The van der Waals surface area contributed by atoms with E-state index in [0.717, 1.165) is 30.1 Å². The van der Waals surface area contributed by atoms with Gasteiger partial charge in [0.2, 0.25) is 5.91 Å². The molecule has 0 aromatic carbocycles. The molecule has 1 amide bonds. The molecule has 1 aliphatic rings. The molecule has 1 fully saturated rings. The topological polar surface area (TPSA) is 33.2 Å². The molecule has 0 radical (unpaired) electrons. The number of hydrogen-bond donors (Lipinski definition) is 0. The zero-order valence-electron chi connectivity index (χ0n) is 12.5. The minimum atomic E-state index is 0.198. The summed E-state index contributed by atoms with van der Waals surface area (Å²) in [6.07, 6.45) is 2.57. The fraction of sp³-hybridized carbons (Fsp3) is 0.294. The molecule has 0 spiro atoms. The van der Waals surface area contributed by atoms with Crippen LogP contribution in [0.15, 0.2) is 40.4 Å². The third kappa shape index (κ3) is 3.11. The number of amides is 1. The Kier molecular flexibility index (Phi) is 4.29. The van der Waals surface area contributed by atoms with Gasteiger partial charge in [-0.05, 0) is 35.7 Å². The first-order chi connectivity index (χ1) is 11.3. The number of rotatable bonds is 4. The summed E-state index contributed by atoms with van der Waals surface area (Å²) in [6.45, 7) is 0.864. The predicted octanol–water partition coefficient (Wildman–Crippen LogP) is 4.84. The van der Waals surface area contributed by atoms with Gasteiger partial charge < -0.3 is 4.90 Å². The van der Waals surface area contributed by atoms with E-state index >= 15 is 0 Å². The lowest BCUT2D eigenvalue weighted by atomic mass is 10.2. The van der Waals surface area contributed by atoms with Crippen molar-refractivity contribution in [3.63, 3.8) is 0 Å². The normalized spacial score (nSPS) is 17.7. The average molecular weight is 361 g/mol. The summed E-state index contributed by atoms with van der Waals surface area (Å²) in [4.78, 5) is 21.9. The van der Waals surface area contributed by atoms with Crippen LogP contribution < -0.4 is 0 Å². The second kappa shape index (κ2) is 6.55. The van der Waals surface area contributed by atoms with Crippen molar-refractivity contribution in [2.24, 2.45) is 0 Å². The van der Waals surface area contributed by atoms with Crippen LogP contribution in [0.2, 0.25) is 0 Å². The minimum absolute atomic E-state index is 0.198. The zero-order chi connectivity index (χ0) is 15.6. The fourth-order valence-corrected chi connectivity index (χ4v) is 5.51. The van der Waals surface area contributed by atoms with Crippen LogP contribution in [0, 0.1) is 0 Å². The maximum atomic E-state index is 12.7. The summed E-state index contributed by atoms with van der Waals surface area (Å²) in [5.74, 6) is 0.198. The monoisotopic (exact) mass is 360 g/mol. The molecule has 0 bridgehead atoms. The Labute approximate surface area is 147 Å². The summed E-state index contributed by atoms with van der Waals surface area (Å²) < 4.78 is 0. The Morgan fingerprint density at radius 3 is 2.87 bits per heavy atom. The maximum absolute atomic E-state index is 12.7. The SMILES string of the molecule is O=C(Cc1csc(-c2cccs2)n1)N1CCC[C@@H]1c1cccs1. The molecule has 0 unspecified atom stereocenters. The van der Waals surface area contributed by atoms with Crippen molar-refractivity contribution in [3.8, 4) is 9.88 Å². The molecule has 1 saturated heterocycles. The van der Waals surface area contributed by atoms with Crippen LogP contribution in [0.1, 0.15) is 29.5 Å². The Morgan fingerprint density at radius 2 is 2.09 bits per heavy atom. The molecule has 0 saturated carbocycles. The average Bonchev–Trinajstić information content (AvgIpc) is 3.30. The van der Waals surface area contributed by atoms with E-state index in [4.69, 9.17) is 0 Å². The van der Waals surface area contributed by atoms with Crippen LogP contribution in [0.4, 0.5) is 0 Å². The number of nitrogens with zero attached hydrogens (tertiary/aromatic N) is 2. The number of hydrogen-bond acceptors (Lipinski definition) is 5. The van der Waals surface area contributed by atoms with Crippen LogP contribution >= 0.6 is 34.0 Å². The number of aromatic nitrogens is 1. The van der Waals surface area contributed by atoms with Gasteiger partial charge in [-0.1, -0.05) is 12.1 Å². The van der Waals surface area contributed by atoms with Gasteiger partial charge in [0, 0.05) is 16.8 Å². The molecular formula is C17H16N2OS3. The second-order valence-electron chi connectivity index (χ2n) is 5.56. The van der Waals surface area contributed by atoms with Gasteiger partial charge in [-0.2, -0.15) is 0 Å². The van der Waals surface area contributed by atoms with Crippen LogP contribution in [-0.4, -0.2) is 22.3 Å². The van der Waals surface area contributed by atoms with Crippen LogP contribution in [-0.2, 0) is 11.2 Å². The van der Waals surface area contributed by atoms with Crippen LogP contribution in [0.3, 0.4) is 0 Å². The molecule has 0 N–H and O–H groups in total. The van der Waals surface area contributed by atoms with Gasteiger partial charge in [0.25, 0.3) is 0 Å². The predicted molar refractivity (Wildman–Crippen MR) is 97.1 cm³/mol. The highest BCUT2D eigenvalue weighted by Crippen LogP contribution is 2.35. The number of thiazole rings is 1. The van der Waals surface area contributed by atoms with Crippen molar-refractivity contribution >= 4 is 39.9 Å². The molecule has 3 nitrogen and oxygen atoms in total. The Morgan fingerprint density at radius 1 is 1.22 bits per heavy atom. The van der Waals surface area contributed by atoms with Gasteiger partial charge >= 0.3 is 0 Å². The Bertz CT molecular complexity index is 777. The van der Waals surface area contributed by atoms with Crippen molar-refractivity contribution in [1.29, 1.82) is 0 Å². The van der Waals surface area contributed by atoms with Crippen molar-refractivity contribution in [3.05, 3.63) is 51.0 Å². The second-order valence-corrected chi connectivity index (χ2v) is 8.34. The summed E-state index contributed by atoms with van der Waals surface area (Å²) in [7, 11) is 0. The van der Waals surface area contributed by atoms with Crippen molar-refractivity contribution in [1.82, 2.24) is 9.88 Å². The number of carbonyl (C=O) groups excluding carboxylic acids is 1. The molecule has 3 aromatic rings. The highest BCUT2D eigenvalue weighted by atomic mass is 32.1. The van der Waals surface area contributed by atoms with Crippen molar-refractivity contribution < 1.29 is 4.79 Å². The van der Waals surface area contributed by atoms with Gasteiger partial charge in [-0.25, -0.2) is 4.98 Å². The molecule has 6 heteroatoms. The molecule has 4 heterocycles. The lowest BCUT2D eigenvalue weighted by Gasteiger charge is -2.23. The fourth-order valence-electron chi connectivity index (χ4n) is 3.00. The van der Waals surface area contributed by atoms with Crippen LogP contribution in [0.25, 0.3) is 9.88 Å². The summed E-state index contributed by atoms with van der Waals surface area (Å²) in [5.41, 5.74) is 0.889. The smallest absolute Gasteiger partial charge is 0.229 e. The highest BCUT2D eigenvalue weighted by Gasteiger charge is 2.30. The van der Waals surface area contributed by atoms with Gasteiger partial charge in [0.05, 0.1) is 23.0 Å². The number of thiophene rings is 2. The minimum Gasteiger partial charge on any atom is -0.335 e. The zero-order valence-corrected chi connectivity index (χ0v) is 14.9. The summed E-state index contributed by atoms with van der Waals surface area (Å²) in [5, 5.41) is 7.17. The molecule has 1 aliphatic heterocycles. The van der Waals surface area contributed by atoms with E-state index in [2.05, 4.69) is 33.9 Å². The van der Waals surface area contributed by atoms with Crippen LogP contribution in [0.5, 0.6) is 0 Å². The molecule has 23 heavy (non-hydrogen) atoms. The molecule has 1 atom stereocenters. The van der Waals surface area contributed by atoms with E-state index < -0.39 is 0 Å². The van der Waals surface area contributed by atoms with Crippen molar-refractivity contribution in [2.75, 3.05) is 6.54 Å². The largest absolute Gasteiger partial charge is 0.335 e. The molecular weight excluding hydrogens is 344 g/mol. The molecule has 118 valence electrons. The quantitative estimate of drug-likeness (QED) is 0.667. The summed E-state index contributed by atoms with van der Waals surface area (Å²) >= 11 is 5.05. The summed E-state index contributed by atoms with van der Waals surface area (Å²) in [6, 6.07) is 8.57. The first-order valence-corrected chi connectivity index (χ1v) is 10.3. The van der Waals surface area contributed by atoms with Gasteiger partial charge in [-0.15, -0.1) is 34.0 Å². The van der Waals surface area contributed by atoms with E-state index in [-0.39, 0.29) is 11.9 Å². The number of carbonyl (C=O) groups is 1. The van der Waals surface area contributed by atoms with E-state index in [0.29, 0.717) is 6.42 Å². The molecule has 3 aromatic heterocycles. The van der Waals surface area contributed by atoms with Gasteiger partial charge in [0.15, 0.2) is 0 Å².